The van der Waals surface area contributed by atoms with E-state index in [-0.39, 0.29) is 11.8 Å². The van der Waals surface area contributed by atoms with Gasteiger partial charge < -0.3 is 25.8 Å². The lowest BCUT2D eigenvalue weighted by molar-refractivity contribution is -0.122. The average Bonchev–Trinajstić information content (AvgIpc) is 3.14. The molecule has 0 aliphatic carbocycles. The number of carbonyl (C=O) groups is 2. The van der Waals surface area contributed by atoms with Crippen molar-refractivity contribution in [2.75, 3.05) is 43.0 Å². The molecule has 2 fully saturated rings. The summed E-state index contributed by atoms with van der Waals surface area (Å²) in [4.78, 5) is 29.5. The van der Waals surface area contributed by atoms with Crippen LogP contribution in [0.4, 0.5) is 11.4 Å². The molecule has 2 saturated heterocycles. The second-order valence-electron chi connectivity index (χ2n) is 10.1. The van der Waals surface area contributed by atoms with Gasteiger partial charge in [-0.3, -0.25) is 9.59 Å². The quantitative estimate of drug-likeness (QED) is 0.599. The number of nitrogens with zero attached hydrogens (tertiary/aromatic N) is 2. The van der Waals surface area contributed by atoms with Gasteiger partial charge in [-0.25, -0.2) is 0 Å². The Hall–Kier alpha value is -3.06. The first-order valence-corrected chi connectivity index (χ1v) is 13.1. The summed E-state index contributed by atoms with van der Waals surface area (Å²) >= 11 is 0. The predicted molar refractivity (Wildman–Crippen MR) is 140 cm³/mol. The van der Waals surface area contributed by atoms with E-state index in [1.54, 1.807) is 0 Å². The Labute approximate surface area is 208 Å². The molecule has 2 aromatic carbocycles. The molecule has 7 heteroatoms. The lowest BCUT2D eigenvalue weighted by atomic mass is 10.0. The lowest BCUT2D eigenvalue weighted by Crippen LogP contribution is -2.45. The molecule has 0 radical (unpaired) electrons. The number of amides is 2. The Morgan fingerprint density at radius 3 is 2.63 bits per heavy atom. The molecule has 2 aromatic rings. The van der Waals surface area contributed by atoms with Crippen molar-refractivity contribution in [3.63, 3.8) is 0 Å². The Kier molecular flexibility index (Phi) is 7.23. The third-order valence-corrected chi connectivity index (χ3v) is 7.70. The summed E-state index contributed by atoms with van der Waals surface area (Å²) in [5.74, 6) is -0.257. The first kappa shape index (κ1) is 23.7. The standard InChI is InChI=1S/C28H37N5O2/c1-32-15-11-22-18-20(5-10-26(22)32)19-30-23-12-16-33(17-13-23)24-8-6-21(7-9-24)27(34)31-25-4-2-3-14-29-28(25)35/h5-10,18,23,25,30H,2-4,11-17,19H2,1H3,(H,29,35)(H,31,34)/t25-/m0/s1. The van der Waals surface area contributed by atoms with Gasteiger partial charge in [0, 0.05) is 62.8 Å². The maximum atomic E-state index is 12.7. The zero-order valence-electron chi connectivity index (χ0n) is 20.7. The zero-order valence-corrected chi connectivity index (χ0v) is 20.7. The highest BCUT2D eigenvalue weighted by atomic mass is 16.2. The van der Waals surface area contributed by atoms with Gasteiger partial charge in [-0.2, -0.15) is 0 Å². The van der Waals surface area contributed by atoms with Crippen molar-refractivity contribution in [1.82, 2.24) is 16.0 Å². The molecule has 1 atom stereocenters. The maximum absolute atomic E-state index is 12.7. The zero-order chi connectivity index (χ0) is 24.2. The highest BCUT2D eigenvalue weighted by Crippen LogP contribution is 2.27. The van der Waals surface area contributed by atoms with Crippen LogP contribution in [0.25, 0.3) is 0 Å². The van der Waals surface area contributed by atoms with Gasteiger partial charge >= 0.3 is 0 Å². The molecule has 186 valence electrons. The van der Waals surface area contributed by atoms with Gasteiger partial charge in [0.25, 0.3) is 5.91 Å². The third-order valence-electron chi connectivity index (χ3n) is 7.70. The van der Waals surface area contributed by atoms with Crippen LogP contribution in [0.1, 0.15) is 53.6 Å². The van der Waals surface area contributed by atoms with Crippen molar-refractivity contribution >= 4 is 23.2 Å². The molecule has 0 unspecified atom stereocenters. The number of hydrogen-bond acceptors (Lipinski definition) is 5. The van der Waals surface area contributed by atoms with Gasteiger partial charge in [0.1, 0.15) is 6.04 Å². The topological polar surface area (TPSA) is 76.7 Å². The molecular formula is C28H37N5O2. The van der Waals surface area contributed by atoms with E-state index >= 15 is 0 Å². The van der Waals surface area contributed by atoms with E-state index in [4.69, 9.17) is 0 Å². The molecule has 0 bridgehead atoms. The van der Waals surface area contributed by atoms with Gasteiger partial charge in [0.2, 0.25) is 5.91 Å². The third kappa shape index (κ3) is 5.61. The number of nitrogens with one attached hydrogen (secondary N) is 3. The summed E-state index contributed by atoms with van der Waals surface area (Å²) < 4.78 is 0. The number of piperidine rings is 1. The molecular weight excluding hydrogens is 438 g/mol. The molecule has 3 aliphatic rings. The fraction of sp³-hybridized carbons (Fsp3) is 0.500. The number of hydrogen-bond donors (Lipinski definition) is 3. The molecule has 2 amide bonds. The first-order valence-electron chi connectivity index (χ1n) is 13.1. The van der Waals surface area contributed by atoms with Crippen LogP contribution >= 0.6 is 0 Å². The summed E-state index contributed by atoms with van der Waals surface area (Å²) in [5, 5.41) is 9.52. The van der Waals surface area contributed by atoms with Gasteiger partial charge in [0.05, 0.1) is 0 Å². The van der Waals surface area contributed by atoms with Crippen LogP contribution in [0.3, 0.4) is 0 Å². The van der Waals surface area contributed by atoms with Crippen molar-refractivity contribution < 1.29 is 9.59 Å². The van der Waals surface area contributed by atoms with Crippen LogP contribution in [-0.2, 0) is 17.8 Å². The summed E-state index contributed by atoms with van der Waals surface area (Å²) in [7, 11) is 2.16. The Morgan fingerprint density at radius 1 is 1.03 bits per heavy atom. The second-order valence-corrected chi connectivity index (χ2v) is 10.1. The minimum atomic E-state index is -0.436. The van der Waals surface area contributed by atoms with E-state index in [0.717, 1.165) is 64.0 Å². The van der Waals surface area contributed by atoms with E-state index in [9.17, 15) is 9.59 Å². The Bertz CT molecular complexity index is 1050. The summed E-state index contributed by atoms with van der Waals surface area (Å²) in [5.41, 5.74) is 5.96. The van der Waals surface area contributed by atoms with Gasteiger partial charge in [0.15, 0.2) is 0 Å². The van der Waals surface area contributed by atoms with Crippen molar-refractivity contribution in [3.05, 3.63) is 59.2 Å². The predicted octanol–water partition coefficient (Wildman–Crippen LogP) is 2.84. The number of likely N-dealkylation sites (N-methyl/N-ethyl adjacent to an activating group) is 1. The summed E-state index contributed by atoms with van der Waals surface area (Å²) in [6, 6.07) is 14.8. The van der Waals surface area contributed by atoms with E-state index in [1.807, 2.05) is 24.3 Å². The van der Waals surface area contributed by atoms with Crippen molar-refractivity contribution in [1.29, 1.82) is 0 Å². The maximum Gasteiger partial charge on any atom is 0.251 e. The van der Waals surface area contributed by atoms with Crippen LogP contribution in [0.5, 0.6) is 0 Å². The first-order chi connectivity index (χ1) is 17.1. The minimum Gasteiger partial charge on any atom is -0.374 e. The molecule has 35 heavy (non-hydrogen) atoms. The number of carbonyl (C=O) groups excluding carboxylic acids is 2. The van der Waals surface area contributed by atoms with E-state index in [1.165, 1.54) is 16.8 Å². The van der Waals surface area contributed by atoms with Crippen molar-refractivity contribution in [2.45, 2.75) is 57.2 Å². The van der Waals surface area contributed by atoms with Crippen molar-refractivity contribution in [3.8, 4) is 0 Å². The van der Waals surface area contributed by atoms with E-state index in [0.29, 0.717) is 24.6 Å². The fourth-order valence-corrected chi connectivity index (χ4v) is 5.48. The van der Waals surface area contributed by atoms with Crippen LogP contribution in [-0.4, -0.2) is 57.1 Å². The van der Waals surface area contributed by atoms with Gasteiger partial charge in [-0.15, -0.1) is 0 Å². The fourth-order valence-electron chi connectivity index (χ4n) is 5.48. The van der Waals surface area contributed by atoms with Crippen LogP contribution in [0, 0.1) is 0 Å². The number of fused-ring (bicyclic) bond motifs is 1. The normalized spacial score (nSPS) is 20.8. The van der Waals surface area contributed by atoms with E-state index in [2.05, 4.69) is 51.0 Å². The Balaban J connectivity index is 1.09. The molecule has 3 aliphatic heterocycles. The molecule has 5 rings (SSSR count). The largest absolute Gasteiger partial charge is 0.374 e. The van der Waals surface area contributed by atoms with Crippen LogP contribution in [0.2, 0.25) is 0 Å². The average molecular weight is 476 g/mol. The number of benzene rings is 2. The van der Waals surface area contributed by atoms with Crippen LogP contribution < -0.4 is 25.8 Å². The van der Waals surface area contributed by atoms with Gasteiger partial charge in [-0.1, -0.05) is 12.1 Å². The molecule has 7 nitrogen and oxygen atoms in total. The monoisotopic (exact) mass is 475 g/mol. The molecule has 0 saturated carbocycles. The van der Waals surface area contributed by atoms with Crippen molar-refractivity contribution in [2.24, 2.45) is 0 Å². The SMILES string of the molecule is CN1CCc2cc(CNC3CCN(c4ccc(C(=O)N[C@H]5CCCCNC5=O)cc4)CC3)ccc21. The van der Waals surface area contributed by atoms with Gasteiger partial charge in [-0.05, 0) is 80.0 Å². The molecule has 3 heterocycles. The lowest BCUT2D eigenvalue weighted by Gasteiger charge is -2.34. The highest BCUT2D eigenvalue weighted by molar-refractivity contribution is 5.97. The molecule has 3 N–H and O–H groups in total. The van der Waals surface area contributed by atoms with E-state index < -0.39 is 6.04 Å². The summed E-state index contributed by atoms with van der Waals surface area (Å²) in [6.45, 7) is 4.73. The highest BCUT2D eigenvalue weighted by Gasteiger charge is 2.24. The smallest absolute Gasteiger partial charge is 0.251 e. The second kappa shape index (κ2) is 10.7. The molecule has 0 aromatic heterocycles. The number of anilines is 2. The summed E-state index contributed by atoms with van der Waals surface area (Å²) in [6.07, 6.45) is 5.96. The Morgan fingerprint density at radius 2 is 1.83 bits per heavy atom. The van der Waals surface area contributed by atoms with Crippen LogP contribution in [0.15, 0.2) is 42.5 Å². The minimum absolute atomic E-state index is 0.0762. The number of rotatable bonds is 6. The molecule has 0 spiro atoms.